The standard InChI is InChI=1S/C26H20ClF3N2O3/c1-15-6-8-16(9-7-15)23-13-22(31-32(23)25(35)26(29,30)14-24(33)34)19-5-3-2-4-18(19)17-10-11-21(28)20(27)12-17/h2-12,23H,13-14H2,1H3,(H,33,34). The Morgan fingerprint density at radius 2 is 1.74 bits per heavy atom. The SMILES string of the molecule is Cc1ccc(C2CC(c3ccccc3-c3ccc(F)c(Cl)c3)=NN2C(=O)C(F)(F)CC(=O)O)cc1. The molecule has 1 atom stereocenters. The summed E-state index contributed by atoms with van der Waals surface area (Å²) in [6.07, 6.45) is -1.53. The van der Waals surface area contributed by atoms with Gasteiger partial charge in [0.1, 0.15) is 12.2 Å². The molecular weight excluding hydrogens is 481 g/mol. The Balaban J connectivity index is 1.79. The molecule has 1 N–H and O–H groups in total. The van der Waals surface area contributed by atoms with Gasteiger partial charge < -0.3 is 5.11 Å². The van der Waals surface area contributed by atoms with E-state index in [1.54, 1.807) is 48.5 Å². The number of rotatable bonds is 6. The fraction of sp³-hybridized carbons (Fsp3) is 0.192. The van der Waals surface area contributed by atoms with Crippen LogP contribution in [0.5, 0.6) is 0 Å². The number of amides is 1. The Bertz CT molecular complexity index is 1330. The molecule has 1 aliphatic rings. The fourth-order valence-corrected chi connectivity index (χ4v) is 4.17. The highest BCUT2D eigenvalue weighted by molar-refractivity contribution is 6.31. The largest absolute Gasteiger partial charge is 0.481 e. The van der Waals surface area contributed by atoms with E-state index in [2.05, 4.69) is 5.10 Å². The van der Waals surface area contributed by atoms with Gasteiger partial charge in [0.05, 0.1) is 16.8 Å². The molecule has 0 fully saturated rings. The van der Waals surface area contributed by atoms with E-state index >= 15 is 0 Å². The lowest BCUT2D eigenvalue weighted by molar-refractivity contribution is -0.167. The lowest BCUT2D eigenvalue weighted by Gasteiger charge is -2.25. The highest BCUT2D eigenvalue weighted by atomic mass is 35.5. The van der Waals surface area contributed by atoms with Crippen molar-refractivity contribution in [3.63, 3.8) is 0 Å². The predicted octanol–water partition coefficient (Wildman–Crippen LogP) is 6.24. The van der Waals surface area contributed by atoms with Crippen LogP contribution in [-0.2, 0) is 9.59 Å². The van der Waals surface area contributed by atoms with Crippen LogP contribution in [0, 0.1) is 12.7 Å². The monoisotopic (exact) mass is 500 g/mol. The summed E-state index contributed by atoms with van der Waals surface area (Å²) in [5.41, 5.74) is 3.65. The molecule has 0 saturated carbocycles. The van der Waals surface area contributed by atoms with E-state index in [0.717, 1.165) is 5.56 Å². The van der Waals surface area contributed by atoms with Crippen LogP contribution in [0.1, 0.15) is 35.6 Å². The summed E-state index contributed by atoms with van der Waals surface area (Å²) in [5, 5.41) is 13.7. The van der Waals surface area contributed by atoms with Gasteiger partial charge in [0.15, 0.2) is 0 Å². The third kappa shape index (κ3) is 5.07. The lowest BCUT2D eigenvalue weighted by Crippen LogP contribution is -2.42. The summed E-state index contributed by atoms with van der Waals surface area (Å²) >= 11 is 5.96. The summed E-state index contributed by atoms with van der Waals surface area (Å²) in [4.78, 5) is 23.8. The average Bonchev–Trinajstić information content (AvgIpc) is 3.25. The van der Waals surface area contributed by atoms with Crippen molar-refractivity contribution in [1.29, 1.82) is 0 Å². The predicted molar refractivity (Wildman–Crippen MR) is 126 cm³/mol. The van der Waals surface area contributed by atoms with Gasteiger partial charge in [-0.05, 0) is 35.7 Å². The number of hydrazone groups is 1. The van der Waals surface area contributed by atoms with Crippen molar-refractivity contribution >= 4 is 29.2 Å². The molecule has 4 rings (SSSR count). The van der Waals surface area contributed by atoms with E-state index in [-0.39, 0.29) is 11.4 Å². The first kappa shape index (κ1) is 24.5. The third-order valence-corrected chi connectivity index (χ3v) is 6.02. The molecule has 3 aromatic carbocycles. The maximum absolute atomic E-state index is 14.5. The molecule has 35 heavy (non-hydrogen) atoms. The Morgan fingerprint density at radius 1 is 1.09 bits per heavy atom. The fourth-order valence-electron chi connectivity index (χ4n) is 3.99. The van der Waals surface area contributed by atoms with Crippen LogP contribution in [-0.4, -0.2) is 33.6 Å². The van der Waals surface area contributed by atoms with Gasteiger partial charge in [0.25, 0.3) is 0 Å². The van der Waals surface area contributed by atoms with Crippen molar-refractivity contribution in [1.82, 2.24) is 5.01 Å². The number of alkyl halides is 2. The molecule has 1 aliphatic heterocycles. The zero-order valence-corrected chi connectivity index (χ0v) is 19.3. The van der Waals surface area contributed by atoms with Crippen molar-refractivity contribution in [2.45, 2.75) is 31.7 Å². The van der Waals surface area contributed by atoms with Gasteiger partial charge in [0.2, 0.25) is 0 Å². The number of nitrogens with zero attached hydrogens (tertiary/aromatic N) is 2. The van der Waals surface area contributed by atoms with Gasteiger partial charge in [-0.1, -0.05) is 71.8 Å². The molecule has 0 bridgehead atoms. The summed E-state index contributed by atoms with van der Waals surface area (Å²) in [6, 6.07) is 17.4. The smallest absolute Gasteiger partial charge is 0.337 e. The second-order valence-electron chi connectivity index (χ2n) is 8.28. The first-order valence-corrected chi connectivity index (χ1v) is 11.1. The molecule has 5 nitrogen and oxygen atoms in total. The van der Waals surface area contributed by atoms with Crippen molar-refractivity contribution in [2.75, 3.05) is 0 Å². The van der Waals surface area contributed by atoms with Gasteiger partial charge >= 0.3 is 17.8 Å². The molecule has 180 valence electrons. The average molecular weight is 501 g/mol. The Morgan fingerprint density at radius 3 is 2.37 bits per heavy atom. The summed E-state index contributed by atoms with van der Waals surface area (Å²) < 4.78 is 42.8. The molecule has 1 unspecified atom stereocenters. The highest BCUT2D eigenvalue weighted by Gasteiger charge is 2.48. The van der Waals surface area contributed by atoms with Gasteiger partial charge in [-0.15, -0.1) is 0 Å². The number of carbonyl (C=O) groups excluding carboxylic acids is 1. The van der Waals surface area contributed by atoms with Gasteiger partial charge in [-0.3, -0.25) is 9.59 Å². The minimum absolute atomic E-state index is 0.0756. The van der Waals surface area contributed by atoms with Crippen LogP contribution in [0.2, 0.25) is 5.02 Å². The number of carboxylic acid groups (broad SMARTS) is 1. The normalized spacial score (nSPS) is 15.7. The van der Waals surface area contributed by atoms with E-state index in [1.165, 1.54) is 18.2 Å². The van der Waals surface area contributed by atoms with Crippen molar-refractivity contribution in [3.8, 4) is 11.1 Å². The molecule has 0 saturated heterocycles. The highest BCUT2D eigenvalue weighted by Crippen LogP contribution is 2.38. The molecule has 1 heterocycles. The molecule has 0 spiro atoms. The quantitative estimate of drug-likeness (QED) is 0.435. The maximum atomic E-state index is 14.5. The van der Waals surface area contributed by atoms with Crippen LogP contribution < -0.4 is 0 Å². The number of halogens is 4. The molecule has 0 aliphatic carbocycles. The zero-order chi connectivity index (χ0) is 25.3. The summed E-state index contributed by atoms with van der Waals surface area (Å²) in [5.74, 6) is -8.21. The minimum atomic E-state index is -4.14. The molecule has 9 heteroatoms. The number of aryl methyl sites for hydroxylation is 1. The number of carbonyl (C=O) groups is 2. The van der Waals surface area contributed by atoms with Crippen molar-refractivity contribution in [2.24, 2.45) is 5.10 Å². The van der Waals surface area contributed by atoms with E-state index < -0.39 is 36.1 Å². The van der Waals surface area contributed by atoms with Gasteiger partial charge in [0, 0.05) is 12.0 Å². The Kier molecular flexibility index (Phi) is 6.67. The number of hydrogen-bond acceptors (Lipinski definition) is 3. The molecular formula is C26H20ClF3N2O3. The number of benzene rings is 3. The maximum Gasteiger partial charge on any atom is 0.337 e. The van der Waals surface area contributed by atoms with E-state index in [1.807, 2.05) is 6.92 Å². The van der Waals surface area contributed by atoms with Gasteiger partial charge in [-0.25, -0.2) is 9.40 Å². The number of carboxylic acids is 1. The molecule has 3 aromatic rings. The lowest BCUT2D eigenvalue weighted by atomic mass is 9.92. The second kappa shape index (κ2) is 9.54. The molecule has 0 aromatic heterocycles. The van der Waals surface area contributed by atoms with Gasteiger partial charge in [-0.2, -0.15) is 13.9 Å². The van der Waals surface area contributed by atoms with E-state index in [4.69, 9.17) is 16.7 Å². The summed E-state index contributed by atoms with van der Waals surface area (Å²) in [7, 11) is 0. The molecule has 1 amide bonds. The van der Waals surface area contributed by atoms with E-state index in [9.17, 15) is 22.8 Å². The van der Waals surface area contributed by atoms with Crippen LogP contribution >= 0.6 is 11.6 Å². The van der Waals surface area contributed by atoms with E-state index in [0.29, 0.717) is 33.0 Å². The van der Waals surface area contributed by atoms with Crippen LogP contribution in [0.25, 0.3) is 11.1 Å². The van der Waals surface area contributed by atoms with Crippen molar-refractivity contribution in [3.05, 3.63) is 94.3 Å². The Labute approximate surface area is 204 Å². The number of aliphatic carboxylic acids is 1. The third-order valence-electron chi connectivity index (χ3n) is 5.74. The molecule has 0 radical (unpaired) electrons. The number of hydrogen-bond donors (Lipinski definition) is 1. The first-order chi connectivity index (χ1) is 16.6. The first-order valence-electron chi connectivity index (χ1n) is 10.7. The van der Waals surface area contributed by atoms with Crippen LogP contribution in [0.4, 0.5) is 13.2 Å². The van der Waals surface area contributed by atoms with Crippen LogP contribution in [0.15, 0.2) is 71.8 Å². The Hall–Kier alpha value is -3.65. The van der Waals surface area contributed by atoms with Crippen molar-refractivity contribution < 1.29 is 27.9 Å². The zero-order valence-electron chi connectivity index (χ0n) is 18.5. The topological polar surface area (TPSA) is 70.0 Å². The second-order valence-corrected chi connectivity index (χ2v) is 8.68. The minimum Gasteiger partial charge on any atom is -0.481 e. The summed E-state index contributed by atoms with van der Waals surface area (Å²) in [6.45, 7) is 1.87. The van der Waals surface area contributed by atoms with Crippen LogP contribution in [0.3, 0.4) is 0 Å².